The highest BCUT2D eigenvalue weighted by Gasteiger charge is 2.26. The van der Waals surface area contributed by atoms with Crippen LogP contribution in [0.3, 0.4) is 0 Å². The minimum atomic E-state index is -3.74. The Balaban J connectivity index is 1.95. The van der Waals surface area contributed by atoms with Crippen LogP contribution < -0.4 is 14.4 Å². The van der Waals surface area contributed by atoms with E-state index in [2.05, 4.69) is 5.32 Å². The molecule has 0 bridgehead atoms. The third kappa shape index (κ3) is 5.48. The molecule has 0 aliphatic carbocycles. The van der Waals surface area contributed by atoms with Crippen molar-refractivity contribution in [3.8, 4) is 5.75 Å². The van der Waals surface area contributed by atoms with Gasteiger partial charge in [0.15, 0.2) is 0 Å². The van der Waals surface area contributed by atoms with E-state index < -0.39 is 22.0 Å². The lowest BCUT2D eigenvalue weighted by molar-refractivity contribution is -0.120. The second-order valence-electron chi connectivity index (χ2n) is 7.71. The number of sulfonamides is 1. The Hall–Kier alpha value is -3.32. The van der Waals surface area contributed by atoms with E-state index in [4.69, 9.17) is 4.74 Å². The first-order valence-corrected chi connectivity index (χ1v) is 12.1. The fourth-order valence-corrected chi connectivity index (χ4v) is 4.46. The normalized spacial score (nSPS) is 12.1. The molecule has 0 aliphatic rings. The maximum absolute atomic E-state index is 13.2. The van der Waals surface area contributed by atoms with Gasteiger partial charge in [-0.1, -0.05) is 60.7 Å². The molecule has 168 valence electrons. The minimum absolute atomic E-state index is 0.331. The number of aryl methyl sites for hydroxylation is 2. The summed E-state index contributed by atoms with van der Waals surface area (Å²) in [6.07, 6.45) is 1.08. The van der Waals surface area contributed by atoms with Gasteiger partial charge in [-0.3, -0.25) is 9.10 Å². The molecule has 0 heterocycles. The number of methoxy groups -OCH3 is 1. The number of amides is 1. The summed E-state index contributed by atoms with van der Waals surface area (Å²) in [4.78, 5) is 13.2. The molecule has 0 fully saturated rings. The number of carbonyl (C=O) groups is 1. The lowest BCUT2D eigenvalue weighted by Gasteiger charge is -2.26. The first-order valence-electron chi connectivity index (χ1n) is 10.2. The zero-order chi connectivity index (χ0) is 23.3. The molecule has 6 nitrogen and oxygen atoms in total. The first-order chi connectivity index (χ1) is 15.2. The molecule has 0 aliphatic heterocycles. The van der Waals surface area contributed by atoms with E-state index >= 15 is 0 Å². The molecule has 3 aromatic rings. The maximum Gasteiger partial charge on any atom is 0.241 e. The van der Waals surface area contributed by atoms with E-state index in [9.17, 15) is 13.2 Å². The fraction of sp³-hybridized carbons (Fsp3) is 0.240. The van der Waals surface area contributed by atoms with Crippen LogP contribution in [0.1, 0.15) is 28.3 Å². The quantitative estimate of drug-likeness (QED) is 0.561. The van der Waals surface area contributed by atoms with Crippen molar-refractivity contribution in [3.05, 3.63) is 95.1 Å². The predicted octanol–water partition coefficient (Wildman–Crippen LogP) is 3.98. The van der Waals surface area contributed by atoms with E-state index in [-0.39, 0.29) is 6.54 Å². The third-order valence-electron chi connectivity index (χ3n) is 5.23. The molecule has 1 unspecified atom stereocenters. The monoisotopic (exact) mass is 452 g/mol. The molecule has 0 aromatic heterocycles. The Morgan fingerprint density at radius 3 is 2.28 bits per heavy atom. The molecular formula is C25H28N2O4S. The number of ether oxygens (including phenoxy) is 1. The maximum atomic E-state index is 13.2. The van der Waals surface area contributed by atoms with Crippen LogP contribution in [0.2, 0.25) is 0 Å². The van der Waals surface area contributed by atoms with Gasteiger partial charge in [0.1, 0.15) is 12.3 Å². The molecular weight excluding hydrogens is 424 g/mol. The average molecular weight is 453 g/mol. The minimum Gasteiger partial charge on any atom is -0.495 e. The Morgan fingerprint density at radius 1 is 1.00 bits per heavy atom. The van der Waals surface area contributed by atoms with Crippen LogP contribution >= 0.6 is 0 Å². The number of hydrogen-bond donors (Lipinski definition) is 1. The number of nitrogens with zero attached hydrogens (tertiary/aromatic N) is 1. The van der Waals surface area contributed by atoms with Gasteiger partial charge in [0, 0.05) is 0 Å². The van der Waals surface area contributed by atoms with Crippen molar-refractivity contribution in [2.45, 2.75) is 19.9 Å². The standard InChI is InChI=1S/C25H28N2O4S/c1-18-14-15-23(31-3)22(16-18)27(32(4,29)30)17-24(28)26-25(20-11-6-5-7-12-20)21-13-9-8-10-19(21)2/h5-16,25H,17H2,1-4H3,(H,26,28). The lowest BCUT2D eigenvalue weighted by atomic mass is 9.95. The predicted molar refractivity (Wildman–Crippen MR) is 128 cm³/mol. The Kier molecular flexibility index (Phi) is 7.20. The molecule has 0 saturated carbocycles. The van der Waals surface area contributed by atoms with Gasteiger partial charge < -0.3 is 10.1 Å². The summed E-state index contributed by atoms with van der Waals surface area (Å²) in [5.41, 5.74) is 4.08. The van der Waals surface area contributed by atoms with E-state index in [0.717, 1.165) is 32.8 Å². The third-order valence-corrected chi connectivity index (χ3v) is 6.35. The van der Waals surface area contributed by atoms with Gasteiger partial charge in [-0.25, -0.2) is 8.42 Å². The van der Waals surface area contributed by atoms with Crippen molar-refractivity contribution in [3.63, 3.8) is 0 Å². The second kappa shape index (κ2) is 9.87. The van der Waals surface area contributed by atoms with Crippen LogP contribution in [0.4, 0.5) is 5.69 Å². The Morgan fingerprint density at radius 2 is 1.66 bits per heavy atom. The van der Waals surface area contributed by atoms with Crippen molar-refractivity contribution >= 4 is 21.6 Å². The van der Waals surface area contributed by atoms with Gasteiger partial charge in [0.05, 0.1) is 25.1 Å². The van der Waals surface area contributed by atoms with Crippen LogP contribution in [0, 0.1) is 13.8 Å². The summed E-state index contributed by atoms with van der Waals surface area (Å²) >= 11 is 0. The Bertz CT molecular complexity index is 1190. The van der Waals surface area contributed by atoms with Crippen LogP contribution in [-0.2, 0) is 14.8 Å². The number of hydrogen-bond acceptors (Lipinski definition) is 4. The molecule has 0 spiro atoms. The van der Waals surface area contributed by atoms with E-state index in [1.807, 2.05) is 74.5 Å². The van der Waals surface area contributed by atoms with Gasteiger partial charge in [-0.15, -0.1) is 0 Å². The topological polar surface area (TPSA) is 75.7 Å². The van der Waals surface area contributed by atoms with E-state index in [1.54, 1.807) is 12.1 Å². The van der Waals surface area contributed by atoms with Crippen LogP contribution in [-0.4, -0.2) is 34.2 Å². The summed E-state index contributed by atoms with van der Waals surface area (Å²) in [6, 6.07) is 22.2. The summed E-state index contributed by atoms with van der Waals surface area (Å²) in [5.74, 6) is -0.0385. The van der Waals surface area contributed by atoms with E-state index in [0.29, 0.717) is 11.4 Å². The number of rotatable bonds is 8. The van der Waals surface area contributed by atoms with Crippen molar-refractivity contribution in [2.75, 3.05) is 24.2 Å². The molecule has 3 rings (SSSR count). The van der Waals surface area contributed by atoms with Gasteiger partial charge in [-0.05, 0) is 48.2 Å². The highest BCUT2D eigenvalue weighted by molar-refractivity contribution is 7.92. The molecule has 1 atom stereocenters. The largest absolute Gasteiger partial charge is 0.495 e. The summed E-state index contributed by atoms with van der Waals surface area (Å²) in [5, 5.41) is 3.03. The van der Waals surface area contributed by atoms with Crippen molar-refractivity contribution < 1.29 is 17.9 Å². The average Bonchev–Trinajstić information content (AvgIpc) is 2.76. The summed E-state index contributed by atoms with van der Waals surface area (Å²) in [7, 11) is -2.27. The number of anilines is 1. The van der Waals surface area contributed by atoms with Gasteiger partial charge in [0.2, 0.25) is 15.9 Å². The zero-order valence-electron chi connectivity index (χ0n) is 18.7. The number of carbonyl (C=O) groups excluding carboxylic acids is 1. The zero-order valence-corrected chi connectivity index (χ0v) is 19.5. The lowest BCUT2D eigenvalue weighted by Crippen LogP contribution is -2.42. The van der Waals surface area contributed by atoms with Crippen molar-refractivity contribution in [2.24, 2.45) is 0 Å². The number of benzene rings is 3. The molecule has 0 saturated heterocycles. The van der Waals surface area contributed by atoms with Crippen molar-refractivity contribution in [1.82, 2.24) is 5.32 Å². The molecule has 3 aromatic carbocycles. The molecule has 7 heteroatoms. The summed E-state index contributed by atoms with van der Waals surface area (Å²) in [6.45, 7) is 3.47. The highest BCUT2D eigenvalue weighted by atomic mass is 32.2. The van der Waals surface area contributed by atoms with Crippen LogP contribution in [0.5, 0.6) is 5.75 Å². The SMILES string of the molecule is COc1ccc(C)cc1N(CC(=O)NC(c1ccccc1)c1ccccc1C)S(C)(=O)=O. The van der Waals surface area contributed by atoms with Crippen LogP contribution in [0.15, 0.2) is 72.8 Å². The number of nitrogens with one attached hydrogen (secondary N) is 1. The Labute approximate surface area is 189 Å². The molecule has 32 heavy (non-hydrogen) atoms. The van der Waals surface area contributed by atoms with Crippen molar-refractivity contribution in [1.29, 1.82) is 0 Å². The summed E-state index contributed by atoms with van der Waals surface area (Å²) < 4.78 is 31.7. The first kappa shape index (κ1) is 23.3. The molecule has 1 amide bonds. The van der Waals surface area contributed by atoms with Gasteiger partial charge >= 0.3 is 0 Å². The van der Waals surface area contributed by atoms with Crippen LogP contribution in [0.25, 0.3) is 0 Å². The smallest absolute Gasteiger partial charge is 0.241 e. The molecule has 1 N–H and O–H groups in total. The highest BCUT2D eigenvalue weighted by Crippen LogP contribution is 2.31. The van der Waals surface area contributed by atoms with E-state index in [1.165, 1.54) is 7.11 Å². The van der Waals surface area contributed by atoms with Gasteiger partial charge in [-0.2, -0.15) is 0 Å². The second-order valence-corrected chi connectivity index (χ2v) is 9.62. The fourth-order valence-electron chi connectivity index (χ4n) is 3.61. The van der Waals surface area contributed by atoms with Gasteiger partial charge in [0.25, 0.3) is 0 Å². The molecule has 0 radical (unpaired) electrons.